The first-order valence-corrected chi connectivity index (χ1v) is 5.42. The van der Waals surface area contributed by atoms with E-state index < -0.39 is 0 Å². The molecule has 1 aromatic heterocycles. The Morgan fingerprint density at radius 3 is 2.75 bits per heavy atom. The summed E-state index contributed by atoms with van der Waals surface area (Å²) in [6.45, 7) is 6.02. The predicted molar refractivity (Wildman–Crippen MR) is 60.4 cm³/mol. The molecule has 0 aliphatic carbocycles. The van der Waals surface area contributed by atoms with Gasteiger partial charge in [-0.1, -0.05) is 0 Å². The fourth-order valence-corrected chi connectivity index (χ4v) is 1.56. The van der Waals surface area contributed by atoms with Crippen molar-refractivity contribution in [2.75, 3.05) is 13.2 Å². The van der Waals surface area contributed by atoms with Crippen molar-refractivity contribution in [2.45, 2.75) is 33.3 Å². The summed E-state index contributed by atoms with van der Waals surface area (Å²) < 4.78 is 5.36. The van der Waals surface area contributed by atoms with Crippen molar-refractivity contribution in [3.05, 3.63) is 27.4 Å². The molecule has 1 heterocycles. The van der Waals surface area contributed by atoms with E-state index >= 15 is 0 Å². The lowest BCUT2D eigenvalue weighted by Gasteiger charge is -2.12. The SMILES string of the molecule is CCOC(C)c1nc(C)c(CCO)c(=O)[nH]1. The molecule has 5 nitrogen and oxygen atoms in total. The molecule has 0 saturated carbocycles. The van der Waals surface area contributed by atoms with E-state index in [1.54, 1.807) is 6.92 Å². The minimum Gasteiger partial charge on any atom is -0.396 e. The lowest BCUT2D eigenvalue weighted by Crippen LogP contribution is -2.21. The number of H-pyrrole nitrogens is 1. The highest BCUT2D eigenvalue weighted by molar-refractivity contribution is 5.17. The fourth-order valence-electron chi connectivity index (χ4n) is 1.56. The molecule has 5 heteroatoms. The molecule has 1 atom stereocenters. The maximum absolute atomic E-state index is 11.7. The predicted octanol–water partition coefficient (Wildman–Crippen LogP) is 0.711. The molecular formula is C11H18N2O3. The maximum atomic E-state index is 11.7. The standard InChI is InChI=1S/C11H18N2O3/c1-4-16-8(3)10-12-7(2)9(5-6-14)11(15)13-10/h8,14H,4-6H2,1-3H3,(H,12,13,15). The lowest BCUT2D eigenvalue weighted by molar-refractivity contribution is 0.0697. The topological polar surface area (TPSA) is 75.2 Å². The number of aryl methyl sites for hydroxylation is 1. The summed E-state index contributed by atoms with van der Waals surface area (Å²) in [4.78, 5) is 18.7. The Hall–Kier alpha value is -1.20. The van der Waals surface area contributed by atoms with Gasteiger partial charge in [0.25, 0.3) is 5.56 Å². The van der Waals surface area contributed by atoms with Crippen LogP contribution in [0.15, 0.2) is 4.79 Å². The highest BCUT2D eigenvalue weighted by atomic mass is 16.5. The lowest BCUT2D eigenvalue weighted by atomic mass is 10.2. The highest BCUT2D eigenvalue weighted by Crippen LogP contribution is 2.11. The van der Waals surface area contributed by atoms with Gasteiger partial charge in [0, 0.05) is 30.9 Å². The normalized spacial score (nSPS) is 12.8. The Morgan fingerprint density at radius 1 is 1.56 bits per heavy atom. The molecule has 0 bridgehead atoms. The summed E-state index contributed by atoms with van der Waals surface area (Å²) in [5.41, 5.74) is 0.998. The summed E-state index contributed by atoms with van der Waals surface area (Å²) >= 11 is 0. The Labute approximate surface area is 94.5 Å². The van der Waals surface area contributed by atoms with Crippen LogP contribution in [0.4, 0.5) is 0 Å². The van der Waals surface area contributed by atoms with E-state index in [1.165, 1.54) is 0 Å². The summed E-state index contributed by atoms with van der Waals surface area (Å²) in [5, 5.41) is 8.83. The van der Waals surface area contributed by atoms with Gasteiger partial charge < -0.3 is 14.8 Å². The molecule has 0 amide bonds. The third kappa shape index (κ3) is 2.90. The second kappa shape index (κ2) is 5.77. The van der Waals surface area contributed by atoms with E-state index in [9.17, 15) is 4.79 Å². The van der Waals surface area contributed by atoms with Crippen molar-refractivity contribution in [3.8, 4) is 0 Å². The summed E-state index contributed by atoms with van der Waals surface area (Å²) in [5.74, 6) is 0.533. The average Bonchev–Trinajstić information content (AvgIpc) is 2.23. The van der Waals surface area contributed by atoms with Gasteiger partial charge in [0.15, 0.2) is 0 Å². The number of hydrogen-bond acceptors (Lipinski definition) is 4. The number of nitrogens with one attached hydrogen (secondary N) is 1. The Morgan fingerprint density at radius 2 is 2.25 bits per heavy atom. The van der Waals surface area contributed by atoms with Crippen LogP contribution in [-0.2, 0) is 11.2 Å². The average molecular weight is 226 g/mol. The molecule has 2 N–H and O–H groups in total. The van der Waals surface area contributed by atoms with Crippen molar-refractivity contribution in [1.82, 2.24) is 9.97 Å². The monoisotopic (exact) mass is 226 g/mol. The van der Waals surface area contributed by atoms with Crippen LogP contribution in [0.3, 0.4) is 0 Å². The van der Waals surface area contributed by atoms with Crippen molar-refractivity contribution in [3.63, 3.8) is 0 Å². The highest BCUT2D eigenvalue weighted by Gasteiger charge is 2.12. The minimum absolute atomic E-state index is 0.0496. The first kappa shape index (κ1) is 12.9. The van der Waals surface area contributed by atoms with Crippen LogP contribution in [0.1, 0.15) is 37.0 Å². The van der Waals surface area contributed by atoms with Crippen LogP contribution in [0.5, 0.6) is 0 Å². The molecule has 90 valence electrons. The number of aromatic nitrogens is 2. The van der Waals surface area contributed by atoms with Crippen LogP contribution >= 0.6 is 0 Å². The minimum atomic E-state index is -0.223. The van der Waals surface area contributed by atoms with Crippen LogP contribution in [-0.4, -0.2) is 28.3 Å². The second-order valence-electron chi connectivity index (χ2n) is 3.59. The van der Waals surface area contributed by atoms with E-state index in [4.69, 9.17) is 9.84 Å². The van der Waals surface area contributed by atoms with Gasteiger partial charge in [0.2, 0.25) is 0 Å². The van der Waals surface area contributed by atoms with E-state index in [0.29, 0.717) is 30.1 Å². The van der Waals surface area contributed by atoms with Crippen molar-refractivity contribution in [2.24, 2.45) is 0 Å². The fraction of sp³-hybridized carbons (Fsp3) is 0.636. The van der Waals surface area contributed by atoms with Crippen molar-refractivity contribution in [1.29, 1.82) is 0 Å². The van der Waals surface area contributed by atoms with Crippen molar-refractivity contribution >= 4 is 0 Å². The number of hydrogen-bond donors (Lipinski definition) is 2. The van der Waals surface area contributed by atoms with Gasteiger partial charge in [-0.25, -0.2) is 4.98 Å². The Balaban J connectivity index is 3.04. The second-order valence-corrected chi connectivity index (χ2v) is 3.59. The van der Waals surface area contributed by atoms with Gasteiger partial charge in [-0.15, -0.1) is 0 Å². The number of aliphatic hydroxyl groups is 1. The molecule has 0 saturated heterocycles. The zero-order chi connectivity index (χ0) is 12.1. The number of aliphatic hydroxyl groups excluding tert-OH is 1. The first-order valence-electron chi connectivity index (χ1n) is 5.42. The van der Waals surface area contributed by atoms with E-state index in [1.807, 2.05) is 13.8 Å². The van der Waals surface area contributed by atoms with E-state index in [-0.39, 0.29) is 18.3 Å². The van der Waals surface area contributed by atoms with E-state index in [2.05, 4.69) is 9.97 Å². The van der Waals surface area contributed by atoms with Gasteiger partial charge in [-0.2, -0.15) is 0 Å². The van der Waals surface area contributed by atoms with Crippen LogP contribution < -0.4 is 5.56 Å². The van der Waals surface area contributed by atoms with Gasteiger partial charge in [0.05, 0.1) is 0 Å². The number of nitrogens with zero attached hydrogens (tertiary/aromatic N) is 1. The van der Waals surface area contributed by atoms with Gasteiger partial charge >= 0.3 is 0 Å². The number of ether oxygens (including phenoxy) is 1. The molecule has 0 aromatic carbocycles. The quantitative estimate of drug-likeness (QED) is 0.775. The Bertz CT molecular complexity index is 401. The molecule has 0 fully saturated rings. The molecule has 0 aliphatic rings. The van der Waals surface area contributed by atoms with Crippen LogP contribution in [0.25, 0.3) is 0 Å². The Kier molecular flexibility index (Phi) is 4.64. The van der Waals surface area contributed by atoms with Gasteiger partial charge in [-0.05, 0) is 20.8 Å². The molecule has 16 heavy (non-hydrogen) atoms. The molecule has 1 rings (SSSR count). The molecule has 1 aromatic rings. The van der Waals surface area contributed by atoms with Crippen LogP contribution in [0.2, 0.25) is 0 Å². The van der Waals surface area contributed by atoms with Crippen molar-refractivity contribution < 1.29 is 9.84 Å². The van der Waals surface area contributed by atoms with Gasteiger partial charge in [0.1, 0.15) is 11.9 Å². The third-order valence-electron chi connectivity index (χ3n) is 2.40. The molecule has 1 unspecified atom stereocenters. The molecule has 0 radical (unpaired) electrons. The first-order chi connectivity index (χ1) is 7.60. The van der Waals surface area contributed by atoms with Gasteiger partial charge in [-0.3, -0.25) is 4.79 Å². The van der Waals surface area contributed by atoms with E-state index in [0.717, 1.165) is 0 Å². The smallest absolute Gasteiger partial charge is 0.254 e. The summed E-state index contributed by atoms with van der Waals surface area (Å²) in [6, 6.07) is 0. The largest absolute Gasteiger partial charge is 0.396 e. The number of aromatic amines is 1. The van der Waals surface area contributed by atoms with Crippen LogP contribution in [0, 0.1) is 6.92 Å². The molecular weight excluding hydrogens is 208 g/mol. The zero-order valence-electron chi connectivity index (χ0n) is 9.91. The third-order valence-corrected chi connectivity index (χ3v) is 2.40. The summed E-state index contributed by atoms with van der Waals surface area (Å²) in [6.07, 6.45) is 0.108. The maximum Gasteiger partial charge on any atom is 0.254 e. The zero-order valence-corrected chi connectivity index (χ0v) is 9.91. The molecule has 0 spiro atoms. The number of rotatable bonds is 5. The molecule has 0 aliphatic heterocycles. The summed E-state index contributed by atoms with van der Waals surface area (Å²) in [7, 11) is 0.